The van der Waals surface area contributed by atoms with Gasteiger partial charge in [-0.15, -0.1) is 0 Å². The van der Waals surface area contributed by atoms with Crippen LogP contribution in [0, 0.1) is 0 Å². The normalized spacial score (nSPS) is 20.2. The molecule has 1 N–H and O–H groups in total. The SMILES string of the molecule is CN1CCO[C@@H](COc2nc3c(c(N4CCN(C=CC=O)CC4)n2)CCN(c2cc(O)cc4ccccc24)C3)C1. The second-order valence-electron chi connectivity index (χ2n) is 10.7. The minimum atomic E-state index is -0.0230. The zero-order chi connectivity index (χ0) is 27.5. The van der Waals surface area contributed by atoms with Gasteiger partial charge in [-0.1, -0.05) is 24.3 Å². The van der Waals surface area contributed by atoms with Gasteiger partial charge in [0.15, 0.2) is 0 Å². The van der Waals surface area contributed by atoms with Gasteiger partial charge in [-0.05, 0) is 31.0 Å². The molecule has 210 valence electrons. The Kier molecular flexibility index (Phi) is 7.70. The number of fused-ring (bicyclic) bond motifs is 2. The zero-order valence-corrected chi connectivity index (χ0v) is 22.9. The van der Waals surface area contributed by atoms with Crippen LogP contribution in [0.15, 0.2) is 48.7 Å². The first-order chi connectivity index (χ1) is 19.6. The summed E-state index contributed by atoms with van der Waals surface area (Å²) in [5.74, 6) is 1.19. The predicted molar refractivity (Wildman–Crippen MR) is 154 cm³/mol. The van der Waals surface area contributed by atoms with Crippen molar-refractivity contribution >= 4 is 28.6 Å². The van der Waals surface area contributed by atoms with Gasteiger partial charge in [0.05, 0.1) is 18.8 Å². The molecule has 0 radical (unpaired) electrons. The lowest BCUT2D eigenvalue weighted by Crippen LogP contribution is -2.45. The average Bonchev–Trinajstić information content (AvgIpc) is 2.98. The maximum atomic E-state index is 10.8. The lowest BCUT2D eigenvalue weighted by molar-refractivity contribution is -0.104. The molecule has 3 aromatic rings. The summed E-state index contributed by atoms with van der Waals surface area (Å²) in [6.07, 6.45) is 4.97. The van der Waals surface area contributed by atoms with Crippen LogP contribution in [-0.2, 0) is 22.5 Å². The quantitative estimate of drug-likeness (QED) is 0.353. The Labute approximate surface area is 234 Å². The second kappa shape index (κ2) is 11.7. The molecule has 10 heteroatoms. The number of hydrogen-bond donors (Lipinski definition) is 1. The molecular weight excluding hydrogens is 508 g/mol. The van der Waals surface area contributed by atoms with E-state index in [1.54, 1.807) is 12.1 Å². The van der Waals surface area contributed by atoms with Crippen molar-refractivity contribution < 1.29 is 19.4 Å². The monoisotopic (exact) mass is 544 g/mol. The standard InChI is InChI=1S/C30H36N6O4/c1-33-14-16-39-24(19-33)21-40-30-31-27-20-36(28-18-23(38)17-22-5-2-3-6-25(22)28)9-7-26(27)29(32-30)35-12-10-34(11-13-35)8-4-15-37/h2-6,8,15,17-18,24,38H,7,9-14,16,19-21H2,1H3/t24-/m1/s1. The molecular formula is C30H36N6O4. The Morgan fingerprint density at radius 3 is 2.75 bits per heavy atom. The van der Waals surface area contributed by atoms with Crippen molar-refractivity contribution in [3.8, 4) is 11.8 Å². The first kappa shape index (κ1) is 26.3. The number of anilines is 2. The summed E-state index contributed by atoms with van der Waals surface area (Å²) in [6.45, 7) is 7.42. The van der Waals surface area contributed by atoms with Crippen LogP contribution in [0.25, 0.3) is 10.8 Å². The molecule has 2 saturated heterocycles. The van der Waals surface area contributed by atoms with Crippen LogP contribution >= 0.6 is 0 Å². The first-order valence-corrected chi connectivity index (χ1v) is 14.0. The van der Waals surface area contributed by atoms with E-state index in [2.05, 4.69) is 32.7 Å². The van der Waals surface area contributed by atoms with E-state index in [9.17, 15) is 9.90 Å². The number of nitrogens with zero attached hydrogens (tertiary/aromatic N) is 6. The number of carbonyl (C=O) groups excluding carboxylic acids is 1. The molecule has 0 unspecified atom stereocenters. The van der Waals surface area contributed by atoms with Gasteiger partial charge < -0.3 is 34.2 Å². The molecule has 10 nitrogen and oxygen atoms in total. The summed E-state index contributed by atoms with van der Waals surface area (Å²) >= 11 is 0. The molecule has 1 aromatic heterocycles. The zero-order valence-electron chi connectivity index (χ0n) is 22.9. The third-order valence-corrected chi connectivity index (χ3v) is 7.92. The topological polar surface area (TPSA) is 94.5 Å². The van der Waals surface area contributed by atoms with E-state index in [1.807, 2.05) is 30.5 Å². The number of aldehydes is 1. The van der Waals surface area contributed by atoms with Crippen molar-refractivity contribution in [2.75, 3.05) is 75.9 Å². The van der Waals surface area contributed by atoms with Crippen LogP contribution < -0.4 is 14.5 Å². The van der Waals surface area contributed by atoms with Crippen LogP contribution in [0.2, 0.25) is 0 Å². The van der Waals surface area contributed by atoms with Crippen LogP contribution in [0.1, 0.15) is 11.3 Å². The molecule has 0 aliphatic carbocycles. The van der Waals surface area contributed by atoms with Gasteiger partial charge in [0.1, 0.15) is 30.6 Å². The molecule has 0 bridgehead atoms. The summed E-state index contributed by atoms with van der Waals surface area (Å²) < 4.78 is 12.1. The van der Waals surface area contributed by atoms with E-state index in [0.717, 1.165) is 92.1 Å². The number of aromatic nitrogens is 2. The Bertz CT molecular complexity index is 1390. The average molecular weight is 545 g/mol. The molecule has 2 aromatic carbocycles. The largest absolute Gasteiger partial charge is 0.508 e. The number of hydrogen-bond acceptors (Lipinski definition) is 10. The van der Waals surface area contributed by atoms with Gasteiger partial charge in [0, 0.05) is 74.7 Å². The van der Waals surface area contributed by atoms with Crippen molar-refractivity contribution in [2.24, 2.45) is 0 Å². The van der Waals surface area contributed by atoms with Crippen molar-refractivity contribution in [1.82, 2.24) is 19.8 Å². The number of phenols is 1. The lowest BCUT2D eigenvalue weighted by atomic mass is 10.0. The molecule has 0 saturated carbocycles. The number of piperazine rings is 1. The van der Waals surface area contributed by atoms with Gasteiger partial charge >= 0.3 is 6.01 Å². The predicted octanol–water partition coefficient (Wildman–Crippen LogP) is 2.44. The van der Waals surface area contributed by atoms with E-state index in [4.69, 9.17) is 19.4 Å². The number of phenolic OH excluding ortho intramolecular Hbond substituents is 1. The number of rotatable bonds is 7. The van der Waals surface area contributed by atoms with Gasteiger partial charge in [-0.25, -0.2) is 0 Å². The van der Waals surface area contributed by atoms with Crippen LogP contribution in [0.3, 0.4) is 0 Å². The molecule has 0 spiro atoms. The Balaban J connectivity index is 1.29. The summed E-state index contributed by atoms with van der Waals surface area (Å²) in [5, 5.41) is 12.6. The van der Waals surface area contributed by atoms with E-state index in [1.165, 1.54) is 0 Å². The van der Waals surface area contributed by atoms with Gasteiger partial charge in [0.25, 0.3) is 0 Å². The van der Waals surface area contributed by atoms with Crippen molar-refractivity contribution in [2.45, 2.75) is 19.1 Å². The number of aromatic hydroxyl groups is 1. The fraction of sp³-hybridized carbons (Fsp3) is 0.433. The van der Waals surface area contributed by atoms with E-state index in [-0.39, 0.29) is 11.9 Å². The van der Waals surface area contributed by atoms with Crippen molar-refractivity contribution in [3.63, 3.8) is 0 Å². The number of benzene rings is 2. The number of carbonyl (C=O) groups is 1. The highest BCUT2D eigenvalue weighted by molar-refractivity contribution is 5.95. The molecule has 0 amide bonds. The molecule has 3 aliphatic rings. The maximum absolute atomic E-state index is 10.8. The second-order valence-corrected chi connectivity index (χ2v) is 10.7. The fourth-order valence-corrected chi connectivity index (χ4v) is 5.83. The van der Waals surface area contributed by atoms with Gasteiger partial charge in [-0.3, -0.25) is 4.79 Å². The molecule has 3 aliphatic heterocycles. The third kappa shape index (κ3) is 5.68. The molecule has 2 fully saturated rings. The van der Waals surface area contributed by atoms with Crippen LogP contribution in [-0.4, -0.2) is 103 Å². The number of morpholine rings is 1. The highest BCUT2D eigenvalue weighted by atomic mass is 16.5. The first-order valence-electron chi connectivity index (χ1n) is 14.0. The third-order valence-electron chi connectivity index (χ3n) is 7.92. The smallest absolute Gasteiger partial charge is 0.318 e. The van der Waals surface area contributed by atoms with Crippen molar-refractivity contribution in [3.05, 3.63) is 59.9 Å². The van der Waals surface area contributed by atoms with Gasteiger partial charge in [-0.2, -0.15) is 9.97 Å². The summed E-state index contributed by atoms with van der Waals surface area (Å²) in [5.41, 5.74) is 3.10. The van der Waals surface area contributed by atoms with E-state index in [0.29, 0.717) is 25.8 Å². The van der Waals surface area contributed by atoms with Gasteiger partial charge in [0.2, 0.25) is 0 Å². The van der Waals surface area contributed by atoms with E-state index < -0.39 is 0 Å². The van der Waals surface area contributed by atoms with Crippen LogP contribution in [0.4, 0.5) is 11.5 Å². The van der Waals surface area contributed by atoms with E-state index >= 15 is 0 Å². The molecule has 40 heavy (non-hydrogen) atoms. The summed E-state index contributed by atoms with van der Waals surface area (Å²) in [4.78, 5) is 29.6. The fourth-order valence-electron chi connectivity index (χ4n) is 5.83. The Hall–Kier alpha value is -3.89. The molecule has 4 heterocycles. The maximum Gasteiger partial charge on any atom is 0.318 e. The molecule has 1 atom stereocenters. The molecule has 6 rings (SSSR count). The number of likely N-dealkylation sites (N-methyl/N-ethyl adjacent to an activating group) is 1. The summed E-state index contributed by atoms with van der Waals surface area (Å²) in [7, 11) is 2.09. The number of allylic oxidation sites excluding steroid dienone is 1. The summed E-state index contributed by atoms with van der Waals surface area (Å²) in [6, 6.07) is 12.2. The Morgan fingerprint density at radius 2 is 1.93 bits per heavy atom. The Morgan fingerprint density at radius 1 is 1.07 bits per heavy atom. The lowest BCUT2D eigenvalue weighted by Gasteiger charge is -2.38. The number of ether oxygens (including phenoxy) is 2. The van der Waals surface area contributed by atoms with Crippen molar-refractivity contribution in [1.29, 1.82) is 0 Å². The highest BCUT2D eigenvalue weighted by Gasteiger charge is 2.29. The minimum Gasteiger partial charge on any atom is -0.508 e. The van der Waals surface area contributed by atoms with Crippen LogP contribution in [0.5, 0.6) is 11.8 Å². The highest BCUT2D eigenvalue weighted by Crippen LogP contribution is 2.36. The minimum absolute atomic E-state index is 0.0230.